The lowest BCUT2D eigenvalue weighted by molar-refractivity contribution is 0.0968. The van der Waals surface area contributed by atoms with Gasteiger partial charge in [-0.3, -0.25) is 14.4 Å². The lowest BCUT2D eigenvalue weighted by Gasteiger charge is -2.46. The summed E-state index contributed by atoms with van der Waals surface area (Å²) in [4.78, 5) is 18.3. The van der Waals surface area contributed by atoms with Crippen LogP contribution in [0.25, 0.3) is 0 Å². The van der Waals surface area contributed by atoms with Crippen molar-refractivity contribution in [2.75, 3.05) is 21.1 Å². The first-order valence-electron chi connectivity index (χ1n) is 14.7. The average Bonchev–Trinajstić information content (AvgIpc) is 3.05. The van der Waals surface area contributed by atoms with Crippen molar-refractivity contribution in [3.8, 4) is 5.75 Å². The van der Waals surface area contributed by atoms with Gasteiger partial charge in [0, 0.05) is 23.5 Å². The second-order valence-electron chi connectivity index (χ2n) is 10.9. The fourth-order valence-corrected chi connectivity index (χ4v) is 7.05. The molecule has 1 amide bonds. The van der Waals surface area contributed by atoms with Crippen LogP contribution in [0, 0.1) is 6.92 Å². The minimum absolute atomic E-state index is 0.0451. The molecule has 0 unspecified atom stereocenters. The van der Waals surface area contributed by atoms with Crippen molar-refractivity contribution in [1.29, 1.82) is 0 Å². The van der Waals surface area contributed by atoms with Crippen molar-refractivity contribution in [2.24, 2.45) is 0 Å². The lowest BCUT2D eigenvalue weighted by Crippen LogP contribution is -2.49. The maximum atomic E-state index is 14.6. The molecule has 1 aliphatic rings. The van der Waals surface area contributed by atoms with Gasteiger partial charge < -0.3 is 9.64 Å². The molecule has 1 heterocycles. The number of benzene rings is 5. The Morgan fingerprint density at radius 2 is 1.57 bits per heavy atom. The fourth-order valence-electron chi connectivity index (χ4n) is 5.56. The molecule has 1 aliphatic heterocycles. The number of rotatable bonds is 9. The van der Waals surface area contributed by atoms with E-state index in [0.717, 1.165) is 11.1 Å². The highest BCUT2D eigenvalue weighted by atomic mass is 35.5. The Balaban J connectivity index is 1.50. The van der Waals surface area contributed by atoms with Crippen molar-refractivity contribution in [3.63, 3.8) is 0 Å². The second kappa shape index (κ2) is 13.1. The van der Waals surface area contributed by atoms with Gasteiger partial charge in [0.1, 0.15) is 11.9 Å². The quantitative estimate of drug-likeness (QED) is 0.169. The predicted molar refractivity (Wildman–Crippen MR) is 185 cm³/mol. The third-order valence-corrected chi connectivity index (χ3v) is 9.97. The van der Waals surface area contributed by atoms with Crippen LogP contribution in [-0.4, -0.2) is 20.9 Å². The Morgan fingerprint density at radius 1 is 0.848 bits per heavy atom. The molecule has 0 fully saturated rings. The molecular formula is C36H31Cl2N3O4S. The molecule has 1 N–H and O–H groups in total. The second-order valence-corrected chi connectivity index (χ2v) is 13.4. The van der Waals surface area contributed by atoms with Crippen LogP contribution in [0.4, 0.5) is 17.1 Å². The summed E-state index contributed by atoms with van der Waals surface area (Å²) in [6.45, 7) is 4.74. The minimum Gasteiger partial charge on any atom is -0.494 e. The van der Waals surface area contributed by atoms with E-state index in [1.807, 2.05) is 74.5 Å². The molecule has 0 saturated carbocycles. The summed E-state index contributed by atoms with van der Waals surface area (Å²) in [5.74, 6) is 0.260. The van der Waals surface area contributed by atoms with Crippen molar-refractivity contribution in [1.82, 2.24) is 0 Å². The van der Waals surface area contributed by atoms with Gasteiger partial charge in [0.05, 0.1) is 32.8 Å². The number of fused-ring (bicyclic) bond motifs is 1. The van der Waals surface area contributed by atoms with E-state index >= 15 is 0 Å². The largest absolute Gasteiger partial charge is 0.494 e. The molecule has 234 valence electrons. The molecule has 0 aromatic heterocycles. The van der Waals surface area contributed by atoms with Crippen LogP contribution < -0.4 is 19.3 Å². The smallest absolute Gasteiger partial charge is 0.262 e. The zero-order valence-electron chi connectivity index (χ0n) is 25.2. The summed E-state index contributed by atoms with van der Waals surface area (Å²) in [6, 6.07) is 34.1. The molecule has 1 atom stereocenters. The molecule has 46 heavy (non-hydrogen) atoms. The number of aryl methyl sites for hydroxylation is 1. The van der Waals surface area contributed by atoms with E-state index in [0.29, 0.717) is 51.6 Å². The number of carbonyl (C=O) groups excluding carboxylic acids is 1. The highest BCUT2D eigenvalue weighted by molar-refractivity contribution is 7.92. The number of anilines is 3. The van der Waals surface area contributed by atoms with Crippen LogP contribution in [0.1, 0.15) is 40.1 Å². The van der Waals surface area contributed by atoms with E-state index in [9.17, 15) is 13.2 Å². The first kappa shape index (κ1) is 31.5. The summed E-state index contributed by atoms with van der Waals surface area (Å²) in [5, 5.41) is 0.696. The lowest BCUT2D eigenvalue weighted by atomic mass is 9.98. The Kier molecular flexibility index (Phi) is 8.95. The Morgan fingerprint density at radius 3 is 2.26 bits per heavy atom. The number of carbonyl (C=O) groups is 1. The molecule has 0 bridgehead atoms. The van der Waals surface area contributed by atoms with Crippen molar-refractivity contribution in [2.45, 2.75) is 31.5 Å². The van der Waals surface area contributed by atoms with Gasteiger partial charge in [-0.1, -0.05) is 83.4 Å². The molecule has 10 heteroatoms. The van der Waals surface area contributed by atoms with Crippen molar-refractivity contribution in [3.05, 3.63) is 148 Å². The molecule has 7 nitrogen and oxygen atoms in total. The molecule has 0 saturated heterocycles. The number of ether oxygens (including phenoxy) is 1. The normalized spacial score (nSPS) is 14.6. The number of nitrogens with zero attached hydrogens (tertiary/aromatic N) is 2. The van der Waals surface area contributed by atoms with Gasteiger partial charge in [0.2, 0.25) is 0 Å². The summed E-state index contributed by atoms with van der Waals surface area (Å²) in [5.41, 5.74) is 4.46. The van der Waals surface area contributed by atoms with Gasteiger partial charge in [-0.2, -0.15) is 0 Å². The molecule has 0 radical (unpaired) electrons. The standard InChI is InChI=1S/C36H31Cl2N3O4S/c1-3-45-28-18-14-26(15-19-28)39-46(43,44)29-20-21-33-31(22-29)36(42)41(27-16-12-24(2)13-17-27)35(30-10-7-11-32(37)34(30)38)40(33)23-25-8-5-4-6-9-25/h4-22,35,39H,3,23H2,1-2H3/t35-/m0/s1. The summed E-state index contributed by atoms with van der Waals surface area (Å²) >= 11 is 13.4. The van der Waals surface area contributed by atoms with E-state index in [1.165, 1.54) is 12.1 Å². The van der Waals surface area contributed by atoms with E-state index in [-0.39, 0.29) is 16.4 Å². The molecule has 0 spiro atoms. The molecule has 5 aromatic rings. The number of hydrogen-bond acceptors (Lipinski definition) is 5. The van der Waals surface area contributed by atoms with Crippen molar-refractivity contribution >= 4 is 56.2 Å². The molecule has 0 aliphatic carbocycles. The van der Waals surface area contributed by atoms with Crippen LogP contribution >= 0.6 is 23.2 Å². The number of sulfonamides is 1. The van der Waals surface area contributed by atoms with Gasteiger partial charge in [-0.15, -0.1) is 0 Å². The maximum Gasteiger partial charge on any atom is 0.262 e. The first-order valence-corrected chi connectivity index (χ1v) is 16.9. The average molecular weight is 673 g/mol. The van der Waals surface area contributed by atoms with E-state index in [4.69, 9.17) is 27.9 Å². The third-order valence-electron chi connectivity index (χ3n) is 7.76. The number of halogens is 2. The maximum absolute atomic E-state index is 14.6. The molecular weight excluding hydrogens is 641 g/mol. The summed E-state index contributed by atoms with van der Waals surface area (Å²) in [7, 11) is -4.06. The SMILES string of the molecule is CCOc1ccc(NS(=O)(=O)c2ccc3c(c2)C(=O)N(c2ccc(C)cc2)[C@@H](c2cccc(Cl)c2Cl)N3Cc2ccccc2)cc1. The fraction of sp³-hybridized carbons (Fsp3) is 0.139. The molecule has 5 aromatic carbocycles. The van der Waals surface area contributed by atoms with Crippen LogP contribution in [0.15, 0.2) is 120 Å². The number of hydrogen-bond donors (Lipinski definition) is 1. The number of amides is 1. The van der Waals surface area contributed by atoms with E-state index in [1.54, 1.807) is 47.4 Å². The monoisotopic (exact) mass is 671 g/mol. The number of nitrogens with one attached hydrogen (secondary N) is 1. The van der Waals surface area contributed by atoms with Crippen LogP contribution in [-0.2, 0) is 16.6 Å². The van der Waals surface area contributed by atoms with Crippen LogP contribution in [0.3, 0.4) is 0 Å². The minimum atomic E-state index is -4.06. The van der Waals surface area contributed by atoms with Crippen molar-refractivity contribution < 1.29 is 17.9 Å². The van der Waals surface area contributed by atoms with E-state index < -0.39 is 16.2 Å². The Hall–Kier alpha value is -4.50. The van der Waals surface area contributed by atoms with Gasteiger partial charge >= 0.3 is 0 Å². The van der Waals surface area contributed by atoms with Gasteiger partial charge in [0.15, 0.2) is 0 Å². The highest BCUT2D eigenvalue weighted by Crippen LogP contribution is 2.45. The van der Waals surface area contributed by atoms with E-state index in [2.05, 4.69) is 9.62 Å². The van der Waals surface area contributed by atoms with Gasteiger partial charge in [0.25, 0.3) is 15.9 Å². The third kappa shape index (κ3) is 6.29. The van der Waals surface area contributed by atoms with Crippen LogP contribution in [0.5, 0.6) is 5.75 Å². The summed E-state index contributed by atoms with van der Waals surface area (Å²) in [6.07, 6.45) is -0.696. The first-order chi connectivity index (χ1) is 22.2. The Bertz CT molecular complexity index is 1990. The zero-order valence-corrected chi connectivity index (χ0v) is 27.5. The molecule has 6 rings (SSSR count). The highest BCUT2D eigenvalue weighted by Gasteiger charge is 2.41. The Labute approximate surface area is 279 Å². The van der Waals surface area contributed by atoms with Crippen LogP contribution in [0.2, 0.25) is 10.0 Å². The summed E-state index contributed by atoms with van der Waals surface area (Å²) < 4.78 is 35.3. The van der Waals surface area contributed by atoms with Gasteiger partial charge in [-0.05, 0) is 80.1 Å². The topological polar surface area (TPSA) is 78.9 Å². The van der Waals surface area contributed by atoms with Gasteiger partial charge in [-0.25, -0.2) is 8.42 Å². The predicted octanol–water partition coefficient (Wildman–Crippen LogP) is 8.87. The zero-order chi connectivity index (χ0) is 32.4.